The van der Waals surface area contributed by atoms with Crippen LogP contribution in [0.15, 0.2) is 91.0 Å². The summed E-state index contributed by atoms with van der Waals surface area (Å²) in [5, 5.41) is 2.60. The molecule has 6 aromatic rings. The number of rotatable bonds is 2. The molecule has 0 amide bonds. The molecule has 4 heteroatoms. The van der Waals surface area contributed by atoms with Gasteiger partial charge in [-0.1, -0.05) is 30.3 Å². The van der Waals surface area contributed by atoms with E-state index in [1.165, 1.54) is 20.2 Å². The van der Waals surface area contributed by atoms with Crippen LogP contribution in [-0.4, -0.2) is 9.55 Å². The van der Waals surface area contributed by atoms with E-state index < -0.39 is 0 Å². The van der Waals surface area contributed by atoms with Crippen LogP contribution in [0.4, 0.5) is 0 Å². The van der Waals surface area contributed by atoms with Crippen molar-refractivity contribution in [2.45, 2.75) is 0 Å². The average molecular weight is 568 g/mol. The van der Waals surface area contributed by atoms with Crippen molar-refractivity contribution in [3.63, 3.8) is 0 Å². The van der Waals surface area contributed by atoms with Crippen LogP contribution in [0.3, 0.4) is 0 Å². The van der Waals surface area contributed by atoms with Crippen molar-refractivity contribution in [3.8, 4) is 17.1 Å². The van der Waals surface area contributed by atoms with E-state index >= 15 is 0 Å². The number of hydrogen-bond donors (Lipinski definition) is 0. The van der Waals surface area contributed by atoms with E-state index in [4.69, 9.17) is 4.98 Å². The molecule has 29 heavy (non-hydrogen) atoms. The maximum Gasteiger partial charge on any atom is 0.0774 e. The first-order chi connectivity index (χ1) is 13.9. The summed E-state index contributed by atoms with van der Waals surface area (Å²) in [5.41, 5.74) is 4.21. The smallest absolute Gasteiger partial charge is 0.0774 e. The zero-order valence-corrected chi connectivity index (χ0v) is 18.5. The maximum atomic E-state index is 4.92. The van der Waals surface area contributed by atoms with Crippen molar-refractivity contribution in [2.24, 2.45) is 0 Å². The first kappa shape index (κ1) is 18.3. The van der Waals surface area contributed by atoms with E-state index in [1.807, 2.05) is 35.6 Å². The standard InChI is InChI=1S/C25H15N2S.Ir/c1-2-8-17(9-3-1)25-26-21-11-5-6-12-22(21)27(25)18-14-15-24-20(16-18)19-10-4-7-13-23(19)28-24;/h1-8,10-16H;/q-1;. The van der Waals surface area contributed by atoms with Gasteiger partial charge in [-0.05, 0) is 36.4 Å². The van der Waals surface area contributed by atoms with Crippen molar-refractivity contribution in [1.82, 2.24) is 9.55 Å². The molecule has 0 fully saturated rings. The second-order valence-electron chi connectivity index (χ2n) is 6.81. The van der Waals surface area contributed by atoms with Crippen LogP contribution in [-0.2, 0) is 20.1 Å². The number of imidazole rings is 1. The molecule has 0 bridgehead atoms. The van der Waals surface area contributed by atoms with E-state index in [1.54, 1.807) is 0 Å². The predicted molar refractivity (Wildman–Crippen MR) is 118 cm³/mol. The summed E-state index contributed by atoms with van der Waals surface area (Å²) in [6.07, 6.45) is 0. The number of thiophene rings is 1. The Morgan fingerprint density at radius 1 is 0.759 bits per heavy atom. The Morgan fingerprint density at radius 2 is 1.55 bits per heavy atom. The molecule has 141 valence electrons. The number of aromatic nitrogens is 2. The third-order valence-electron chi connectivity index (χ3n) is 5.13. The fourth-order valence-electron chi connectivity index (χ4n) is 3.85. The molecule has 0 atom stereocenters. The van der Waals surface area contributed by atoms with Crippen LogP contribution in [0.25, 0.3) is 48.3 Å². The van der Waals surface area contributed by atoms with Gasteiger partial charge < -0.3 is 4.57 Å². The molecule has 2 aromatic heterocycles. The molecule has 0 aliphatic rings. The van der Waals surface area contributed by atoms with Crippen molar-refractivity contribution in [3.05, 3.63) is 97.1 Å². The van der Waals surface area contributed by atoms with E-state index in [-0.39, 0.29) is 20.1 Å². The van der Waals surface area contributed by atoms with Crippen molar-refractivity contribution < 1.29 is 20.1 Å². The molecule has 0 aliphatic carbocycles. The SMILES string of the molecule is [Ir].[c-]1ccccc1-c1nc2ccccc2n1-c1ccc2sc3ccccc3c2c1. The molecule has 2 heterocycles. The summed E-state index contributed by atoms with van der Waals surface area (Å²) in [5.74, 6) is 0.917. The molecule has 0 aliphatic heterocycles. The summed E-state index contributed by atoms with van der Waals surface area (Å²) >= 11 is 1.84. The second kappa shape index (κ2) is 7.23. The van der Waals surface area contributed by atoms with Gasteiger partial charge in [0.2, 0.25) is 0 Å². The molecular weight excluding hydrogens is 553 g/mol. The summed E-state index contributed by atoms with van der Waals surface area (Å²) in [4.78, 5) is 4.92. The topological polar surface area (TPSA) is 17.8 Å². The van der Waals surface area contributed by atoms with Crippen LogP contribution in [0.2, 0.25) is 0 Å². The third kappa shape index (κ3) is 2.92. The summed E-state index contributed by atoms with van der Waals surface area (Å²) in [7, 11) is 0. The molecule has 6 rings (SSSR count). The maximum absolute atomic E-state index is 4.92. The molecule has 0 saturated carbocycles. The fourth-order valence-corrected chi connectivity index (χ4v) is 4.94. The number of fused-ring (bicyclic) bond motifs is 4. The van der Waals surface area contributed by atoms with Gasteiger partial charge in [0, 0.05) is 46.0 Å². The zero-order chi connectivity index (χ0) is 18.5. The molecular formula is C25H15IrN2S-. The second-order valence-corrected chi connectivity index (χ2v) is 7.90. The van der Waals surface area contributed by atoms with Gasteiger partial charge in [0.1, 0.15) is 0 Å². The Balaban J connectivity index is 0.00000181. The summed E-state index contributed by atoms with van der Waals surface area (Å²) in [6.45, 7) is 0. The van der Waals surface area contributed by atoms with Crippen molar-refractivity contribution in [1.29, 1.82) is 0 Å². The average Bonchev–Trinajstić information content (AvgIpc) is 3.32. The largest absolute Gasteiger partial charge is 0.333 e. The number of hydrogen-bond acceptors (Lipinski definition) is 2. The van der Waals surface area contributed by atoms with Gasteiger partial charge in [-0.15, -0.1) is 47.2 Å². The van der Waals surface area contributed by atoms with Gasteiger partial charge in [0.15, 0.2) is 0 Å². The molecule has 0 saturated heterocycles. The monoisotopic (exact) mass is 568 g/mol. The first-order valence-corrected chi connectivity index (χ1v) is 10.1. The predicted octanol–water partition coefficient (Wildman–Crippen LogP) is 6.86. The molecule has 2 nitrogen and oxygen atoms in total. The van der Waals surface area contributed by atoms with Gasteiger partial charge in [-0.2, -0.15) is 0 Å². The Bertz CT molecular complexity index is 1460. The van der Waals surface area contributed by atoms with Crippen LogP contribution < -0.4 is 0 Å². The van der Waals surface area contributed by atoms with Gasteiger partial charge in [0.25, 0.3) is 0 Å². The van der Waals surface area contributed by atoms with Crippen molar-refractivity contribution in [2.75, 3.05) is 0 Å². The Hall–Kier alpha value is -2.78. The van der Waals surface area contributed by atoms with E-state index in [2.05, 4.69) is 77.4 Å². The quantitative estimate of drug-likeness (QED) is 0.209. The minimum absolute atomic E-state index is 0. The minimum atomic E-state index is 0. The van der Waals surface area contributed by atoms with Gasteiger partial charge in [-0.3, -0.25) is 4.98 Å². The van der Waals surface area contributed by atoms with Crippen LogP contribution in [0.1, 0.15) is 0 Å². The molecule has 4 aromatic carbocycles. The van der Waals surface area contributed by atoms with Gasteiger partial charge >= 0.3 is 0 Å². The fraction of sp³-hybridized carbons (Fsp3) is 0. The Kier molecular flexibility index (Phi) is 4.56. The number of nitrogens with zero attached hydrogens (tertiary/aromatic N) is 2. The first-order valence-electron chi connectivity index (χ1n) is 9.25. The van der Waals surface area contributed by atoms with E-state index in [0.717, 1.165) is 28.1 Å². The minimum Gasteiger partial charge on any atom is -0.333 e. The normalized spacial score (nSPS) is 11.2. The van der Waals surface area contributed by atoms with Crippen LogP contribution in [0, 0.1) is 6.07 Å². The third-order valence-corrected chi connectivity index (χ3v) is 6.28. The van der Waals surface area contributed by atoms with Crippen LogP contribution >= 0.6 is 11.3 Å². The Labute approximate surface area is 185 Å². The van der Waals surface area contributed by atoms with E-state index in [9.17, 15) is 0 Å². The summed E-state index contributed by atoms with van der Waals surface area (Å²) < 4.78 is 4.87. The zero-order valence-electron chi connectivity index (χ0n) is 15.3. The molecule has 1 radical (unpaired) electrons. The molecule has 0 N–H and O–H groups in total. The van der Waals surface area contributed by atoms with Gasteiger partial charge in [0.05, 0.1) is 16.9 Å². The molecule has 0 unspecified atom stereocenters. The van der Waals surface area contributed by atoms with Crippen LogP contribution in [0.5, 0.6) is 0 Å². The number of benzene rings is 4. The summed E-state index contributed by atoms with van der Waals surface area (Å²) in [6, 6.07) is 35.0. The van der Waals surface area contributed by atoms with Gasteiger partial charge in [-0.25, -0.2) is 0 Å². The molecule has 0 spiro atoms. The van der Waals surface area contributed by atoms with Crippen molar-refractivity contribution >= 4 is 42.5 Å². The number of para-hydroxylation sites is 2. The Morgan fingerprint density at radius 3 is 2.45 bits per heavy atom. The van der Waals surface area contributed by atoms with E-state index in [0.29, 0.717) is 0 Å².